The number of fused-ring (bicyclic) bond motifs is 6. The fourth-order valence-corrected chi connectivity index (χ4v) is 4.03. The molecule has 3 aromatic carbocycles. The van der Waals surface area contributed by atoms with E-state index in [0.29, 0.717) is 6.17 Å². The number of hydrogen-bond acceptors (Lipinski definition) is 2. The summed E-state index contributed by atoms with van der Waals surface area (Å²) in [6.07, 6.45) is 0.309. The molecule has 2 nitrogen and oxygen atoms in total. The maximum Gasteiger partial charge on any atom is 0.0719 e. The summed E-state index contributed by atoms with van der Waals surface area (Å²) in [7, 11) is 2.19. The molecule has 0 amide bonds. The average molecular weight is 374 g/mol. The van der Waals surface area contributed by atoms with E-state index >= 15 is 0 Å². The van der Waals surface area contributed by atoms with Crippen LogP contribution in [0.25, 0.3) is 10.8 Å². The number of anilines is 3. The molecule has 0 saturated carbocycles. The van der Waals surface area contributed by atoms with Crippen LogP contribution >= 0.6 is 0 Å². The molecule has 0 spiro atoms. The van der Waals surface area contributed by atoms with Crippen LogP contribution in [-0.4, -0.2) is 13.2 Å². The van der Waals surface area contributed by atoms with E-state index < -0.39 is 0 Å². The quantitative estimate of drug-likeness (QED) is 0.526. The minimum Gasteiger partial charge on any atom is -0.380 e. The molecule has 0 aromatic heterocycles. The van der Waals surface area contributed by atoms with Gasteiger partial charge in [0, 0.05) is 39.8 Å². The van der Waals surface area contributed by atoms with Crippen molar-refractivity contribution in [3.8, 4) is 0 Å². The van der Waals surface area contributed by atoms with E-state index in [2.05, 4.69) is 84.4 Å². The van der Waals surface area contributed by atoms with Crippen LogP contribution in [0.15, 0.2) is 60.7 Å². The van der Waals surface area contributed by atoms with Crippen molar-refractivity contribution in [1.82, 2.24) is 0 Å². The van der Waals surface area contributed by atoms with Crippen LogP contribution in [0.5, 0.6) is 0 Å². The van der Waals surface area contributed by atoms with Gasteiger partial charge in [0.1, 0.15) is 0 Å². The molecule has 0 fully saturated rings. The first-order valence-corrected chi connectivity index (χ1v) is 7.73. The van der Waals surface area contributed by atoms with Crippen LogP contribution in [0.2, 0.25) is 0 Å². The molecule has 1 radical (unpaired) electrons. The van der Waals surface area contributed by atoms with Gasteiger partial charge >= 0.3 is 0 Å². The Morgan fingerprint density at radius 2 is 1.43 bits per heavy atom. The summed E-state index contributed by atoms with van der Waals surface area (Å²) < 4.78 is 0. The molecule has 3 heteroatoms. The molecule has 0 N–H and O–H groups in total. The third-order valence-corrected chi connectivity index (χ3v) is 5.07. The minimum absolute atomic E-state index is 0. The Bertz CT molecular complexity index is 905. The monoisotopic (exact) mass is 374 g/mol. The molecule has 2 aliphatic heterocycles. The van der Waals surface area contributed by atoms with Crippen LogP contribution in [0, 0.1) is 5.92 Å². The van der Waals surface area contributed by atoms with E-state index in [1.54, 1.807) is 0 Å². The first kappa shape index (κ1) is 15.0. The van der Waals surface area contributed by atoms with Crippen LogP contribution in [0.4, 0.5) is 17.1 Å². The van der Waals surface area contributed by atoms with Gasteiger partial charge in [-0.15, -0.1) is 5.92 Å². The van der Waals surface area contributed by atoms with E-state index in [1.165, 1.54) is 39.3 Å². The van der Waals surface area contributed by atoms with Crippen LogP contribution in [0.1, 0.15) is 12.5 Å². The van der Waals surface area contributed by atoms with E-state index in [1.807, 2.05) is 0 Å². The number of nitrogens with zero attached hydrogens (tertiary/aromatic N) is 2. The molecular weight excluding hydrogens is 357 g/mol. The van der Waals surface area contributed by atoms with Gasteiger partial charge in [-0.05, 0) is 17.5 Å². The molecule has 2 aliphatic rings. The molecular formula is C20H17N2Y-. The molecule has 0 saturated heterocycles. The van der Waals surface area contributed by atoms with Gasteiger partial charge in [0.25, 0.3) is 0 Å². The fourth-order valence-electron chi connectivity index (χ4n) is 4.03. The third kappa shape index (κ3) is 1.92. The Kier molecular flexibility index (Phi) is 3.44. The second-order valence-electron chi connectivity index (χ2n) is 6.24. The van der Waals surface area contributed by atoms with Gasteiger partial charge in [-0.2, -0.15) is 11.6 Å². The van der Waals surface area contributed by atoms with Crippen molar-refractivity contribution < 1.29 is 32.7 Å². The molecule has 5 rings (SSSR count). The Hall–Kier alpha value is -1.51. The number of hydrogen-bond donors (Lipinski definition) is 0. The van der Waals surface area contributed by atoms with E-state index in [-0.39, 0.29) is 32.7 Å². The minimum atomic E-state index is 0. The predicted molar refractivity (Wildman–Crippen MR) is 92.7 cm³/mol. The van der Waals surface area contributed by atoms with Crippen molar-refractivity contribution in [3.63, 3.8) is 0 Å². The standard InChI is InChI=1S/C20H17N2.Y/c1-13-16-11-14-7-3-4-8-15(14)12-19(16)22-18-10-6-5-9-17(18)21(2)20(13)22;/h3-12,20H,1-2H3;/q-1;. The van der Waals surface area contributed by atoms with E-state index in [0.717, 1.165) is 0 Å². The maximum absolute atomic E-state index is 2.48. The first-order chi connectivity index (χ1) is 10.8. The Morgan fingerprint density at radius 3 is 2.17 bits per heavy atom. The van der Waals surface area contributed by atoms with Crippen molar-refractivity contribution in [2.24, 2.45) is 0 Å². The van der Waals surface area contributed by atoms with E-state index in [9.17, 15) is 0 Å². The largest absolute Gasteiger partial charge is 0.380 e. The number of benzene rings is 3. The first-order valence-electron chi connectivity index (χ1n) is 7.73. The van der Waals surface area contributed by atoms with E-state index in [4.69, 9.17) is 0 Å². The molecule has 1 unspecified atom stereocenters. The summed E-state index contributed by atoms with van der Waals surface area (Å²) in [5.74, 6) is 1.43. The summed E-state index contributed by atoms with van der Waals surface area (Å²) in [4.78, 5) is 4.86. The SMILES string of the molecule is C[C-]1c2cc3ccccc3cc2N2c3ccccc3N(C)C12.[Y]. The molecule has 2 heterocycles. The molecule has 0 bridgehead atoms. The molecule has 0 aliphatic carbocycles. The van der Waals surface area contributed by atoms with Gasteiger partial charge in [0.05, 0.1) is 17.5 Å². The Morgan fingerprint density at radius 1 is 0.826 bits per heavy atom. The molecule has 23 heavy (non-hydrogen) atoms. The number of likely N-dealkylation sites (N-methyl/N-ethyl adjacent to an activating group) is 1. The summed E-state index contributed by atoms with van der Waals surface area (Å²) >= 11 is 0. The van der Waals surface area contributed by atoms with Gasteiger partial charge in [-0.25, -0.2) is 0 Å². The van der Waals surface area contributed by atoms with Crippen molar-refractivity contribution in [2.45, 2.75) is 13.1 Å². The van der Waals surface area contributed by atoms with Crippen molar-refractivity contribution in [2.75, 3.05) is 16.8 Å². The smallest absolute Gasteiger partial charge is 0.0719 e. The van der Waals surface area contributed by atoms with Gasteiger partial charge in [0.2, 0.25) is 0 Å². The number of rotatable bonds is 0. The van der Waals surface area contributed by atoms with Crippen LogP contribution in [0.3, 0.4) is 0 Å². The zero-order valence-electron chi connectivity index (χ0n) is 13.3. The van der Waals surface area contributed by atoms with Gasteiger partial charge < -0.3 is 9.80 Å². The van der Waals surface area contributed by atoms with Crippen LogP contribution < -0.4 is 9.80 Å². The zero-order valence-corrected chi connectivity index (χ0v) is 16.2. The normalized spacial score (nSPS) is 17.8. The van der Waals surface area contributed by atoms with Crippen molar-refractivity contribution >= 4 is 27.8 Å². The van der Waals surface area contributed by atoms with Gasteiger partial charge in [-0.1, -0.05) is 60.5 Å². The second-order valence-corrected chi connectivity index (χ2v) is 6.24. The van der Waals surface area contributed by atoms with Gasteiger partial charge in [-0.3, -0.25) is 0 Å². The zero-order chi connectivity index (χ0) is 14.8. The molecule has 111 valence electrons. The molecule has 1 atom stereocenters. The summed E-state index contributed by atoms with van der Waals surface area (Å²) in [5, 5.41) is 2.62. The summed E-state index contributed by atoms with van der Waals surface area (Å²) in [6, 6.07) is 22.0. The average Bonchev–Trinajstić information content (AvgIpc) is 3.01. The van der Waals surface area contributed by atoms with Crippen LogP contribution in [-0.2, 0) is 32.7 Å². The third-order valence-electron chi connectivity index (χ3n) is 5.07. The topological polar surface area (TPSA) is 6.48 Å². The summed E-state index contributed by atoms with van der Waals surface area (Å²) in [6.45, 7) is 2.26. The second kappa shape index (κ2) is 5.26. The van der Waals surface area contributed by atoms with Crippen molar-refractivity contribution in [3.05, 3.63) is 72.1 Å². The predicted octanol–water partition coefficient (Wildman–Crippen LogP) is 4.71. The summed E-state index contributed by atoms with van der Waals surface area (Å²) in [5.41, 5.74) is 5.33. The number of para-hydroxylation sites is 2. The molecule has 3 aromatic rings. The Labute approximate surface area is 162 Å². The fraction of sp³-hybridized carbons (Fsp3) is 0.150. The van der Waals surface area contributed by atoms with Gasteiger partial charge in [0.15, 0.2) is 0 Å². The van der Waals surface area contributed by atoms with Crippen molar-refractivity contribution in [1.29, 1.82) is 0 Å². The Balaban J connectivity index is 0.00000135. The maximum atomic E-state index is 2.48.